The number of fused-ring (bicyclic) bond motifs is 2. The van der Waals surface area contributed by atoms with Gasteiger partial charge in [-0.3, -0.25) is 19.7 Å². The normalized spacial score (nSPS) is 22.4. The molecule has 1 aromatic heterocycles. The van der Waals surface area contributed by atoms with E-state index >= 15 is 0 Å². The lowest BCUT2D eigenvalue weighted by atomic mass is 9.82. The highest BCUT2D eigenvalue weighted by Gasteiger charge is 2.40. The molecule has 2 atom stereocenters. The van der Waals surface area contributed by atoms with Crippen molar-refractivity contribution in [1.82, 2.24) is 20.1 Å². The quantitative estimate of drug-likeness (QED) is 0.608. The molecule has 8 nitrogen and oxygen atoms in total. The molecule has 5 rings (SSSR count). The van der Waals surface area contributed by atoms with Gasteiger partial charge in [0.1, 0.15) is 17.5 Å². The molecule has 2 amide bonds. The summed E-state index contributed by atoms with van der Waals surface area (Å²) in [5.74, 6) is -1.09. The minimum Gasteiger partial charge on any atom is -0.503 e. The summed E-state index contributed by atoms with van der Waals surface area (Å²) in [4.78, 5) is 40.6. The Kier molecular flexibility index (Phi) is 6.60. The average molecular weight is 483 g/mol. The van der Waals surface area contributed by atoms with Crippen LogP contribution < -0.4 is 16.1 Å². The molecular formula is C26H31FN4O4. The van der Waals surface area contributed by atoms with Gasteiger partial charge in [0.15, 0.2) is 11.4 Å². The van der Waals surface area contributed by atoms with E-state index < -0.39 is 23.0 Å². The molecule has 1 aromatic carbocycles. The number of halogens is 1. The van der Waals surface area contributed by atoms with Crippen molar-refractivity contribution in [2.24, 2.45) is 11.8 Å². The average Bonchev–Trinajstić information content (AvgIpc) is 2.86. The fourth-order valence-electron chi connectivity index (χ4n) is 5.70. The van der Waals surface area contributed by atoms with Crippen LogP contribution in [0.25, 0.3) is 0 Å². The summed E-state index contributed by atoms with van der Waals surface area (Å²) >= 11 is 0. The van der Waals surface area contributed by atoms with Gasteiger partial charge in [-0.05, 0) is 36.0 Å². The number of hydrogen-bond donors (Lipinski definition) is 3. The number of aromatic nitrogens is 1. The van der Waals surface area contributed by atoms with Crippen molar-refractivity contribution in [2.75, 3.05) is 13.1 Å². The zero-order valence-corrected chi connectivity index (χ0v) is 19.6. The Hall–Kier alpha value is -3.20. The molecular weight excluding hydrogens is 451 g/mol. The highest BCUT2D eigenvalue weighted by molar-refractivity contribution is 5.99. The number of carbonyl (C=O) groups is 2. The van der Waals surface area contributed by atoms with Crippen LogP contribution in [0.2, 0.25) is 0 Å². The van der Waals surface area contributed by atoms with E-state index in [4.69, 9.17) is 0 Å². The minimum absolute atomic E-state index is 0.0681. The van der Waals surface area contributed by atoms with Crippen LogP contribution >= 0.6 is 0 Å². The molecule has 1 saturated carbocycles. The molecule has 1 saturated heterocycles. The molecule has 2 aromatic rings. The molecule has 2 fully saturated rings. The summed E-state index contributed by atoms with van der Waals surface area (Å²) in [6.45, 7) is 1.85. The maximum atomic E-state index is 13.3. The topological polar surface area (TPSA) is 104 Å². The molecule has 1 aliphatic carbocycles. The number of pyridine rings is 1. The summed E-state index contributed by atoms with van der Waals surface area (Å²) < 4.78 is 14.6. The molecule has 0 bridgehead atoms. The highest BCUT2D eigenvalue weighted by Crippen LogP contribution is 2.32. The lowest BCUT2D eigenvalue weighted by Gasteiger charge is -2.45. The Morgan fingerprint density at radius 2 is 1.83 bits per heavy atom. The number of rotatable bonds is 5. The predicted molar refractivity (Wildman–Crippen MR) is 127 cm³/mol. The van der Waals surface area contributed by atoms with Crippen LogP contribution in [0.1, 0.15) is 64.9 Å². The first-order valence-corrected chi connectivity index (χ1v) is 12.4. The summed E-state index contributed by atoms with van der Waals surface area (Å²) in [6, 6.07) is 5.65. The molecule has 35 heavy (non-hydrogen) atoms. The zero-order valence-electron chi connectivity index (χ0n) is 19.6. The van der Waals surface area contributed by atoms with Gasteiger partial charge in [0.2, 0.25) is 5.43 Å². The van der Waals surface area contributed by atoms with E-state index in [2.05, 4.69) is 10.6 Å². The monoisotopic (exact) mass is 482 g/mol. The van der Waals surface area contributed by atoms with Gasteiger partial charge < -0.3 is 19.9 Å². The third-order valence-electron chi connectivity index (χ3n) is 7.56. The van der Waals surface area contributed by atoms with Gasteiger partial charge in [-0.25, -0.2) is 4.39 Å². The summed E-state index contributed by atoms with van der Waals surface area (Å²) in [5, 5.41) is 16.7. The molecule has 3 heterocycles. The van der Waals surface area contributed by atoms with E-state index in [0.717, 1.165) is 13.0 Å². The summed E-state index contributed by atoms with van der Waals surface area (Å²) in [6.07, 6.45) is 8.54. The van der Waals surface area contributed by atoms with Crippen molar-refractivity contribution >= 4 is 11.8 Å². The summed E-state index contributed by atoms with van der Waals surface area (Å²) in [5.41, 5.74) is -0.507. The van der Waals surface area contributed by atoms with Gasteiger partial charge in [0, 0.05) is 25.8 Å². The van der Waals surface area contributed by atoms with Crippen molar-refractivity contribution in [2.45, 2.75) is 57.8 Å². The Balaban J connectivity index is 1.31. The van der Waals surface area contributed by atoms with Gasteiger partial charge in [-0.1, -0.05) is 44.2 Å². The van der Waals surface area contributed by atoms with Gasteiger partial charge in [0.25, 0.3) is 11.8 Å². The van der Waals surface area contributed by atoms with E-state index in [9.17, 15) is 23.9 Å². The Bertz CT molecular complexity index is 1170. The third kappa shape index (κ3) is 4.82. The SMILES string of the molecule is O=C(NCc1ccc(F)cc1)c1cn2c(c(O)c1=O)C(=O)N1CC(CC3CCCCC3)CNC1C2. The van der Waals surface area contributed by atoms with Crippen molar-refractivity contribution in [3.63, 3.8) is 0 Å². The third-order valence-corrected chi connectivity index (χ3v) is 7.56. The second-order valence-electron chi connectivity index (χ2n) is 10.0. The standard InChI is InChI=1S/C26H31FN4O4/c27-19-8-6-17(7-9-19)11-29-25(34)20-14-30-15-21-28-12-18(10-16-4-2-1-3-5-16)13-31(21)26(35)22(30)24(33)23(20)32/h6-9,14,16,18,21,28,33H,1-5,10-13,15H2,(H,29,34). The molecule has 3 N–H and O–H groups in total. The first kappa shape index (κ1) is 23.5. The molecule has 3 aliphatic rings. The Morgan fingerprint density at radius 3 is 2.57 bits per heavy atom. The predicted octanol–water partition coefficient (Wildman–Crippen LogP) is 2.59. The first-order chi connectivity index (χ1) is 16.9. The van der Waals surface area contributed by atoms with Crippen molar-refractivity contribution in [3.8, 4) is 5.75 Å². The van der Waals surface area contributed by atoms with Gasteiger partial charge in [-0.2, -0.15) is 0 Å². The Morgan fingerprint density at radius 1 is 1.09 bits per heavy atom. The van der Waals surface area contributed by atoms with Crippen molar-refractivity contribution in [3.05, 3.63) is 63.3 Å². The van der Waals surface area contributed by atoms with Crippen LogP contribution in [0, 0.1) is 17.7 Å². The van der Waals surface area contributed by atoms with Crippen LogP contribution in [0.3, 0.4) is 0 Å². The number of nitrogens with one attached hydrogen (secondary N) is 2. The number of amides is 2. The smallest absolute Gasteiger partial charge is 0.275 e. The number of hydrogen-bond acceptors (Lipinski definition) is 5. The maximum absolute atomic E-state index is 13.3. The largest absolute Gasteiger partial charge is 0.503 e. The molecule has 2 aliphatic heterocycles. The van der Waals surface area contributed by atoms with E-state index in [1.807, 2.05) is 0 Å². The summed E-state index contributed by atoms with van der Waals surface area (Å²) in [7, 11) is 0. The van der Waals surface area contributed by atoms with Gasteiger partial charge >= 0.3 is 0 Å². The zero-order chi connectivity index (χ0) is 24.5. The van der Waals surface area contributed by atoms with Crippen LogP contribution in [0.15, 0.2) is 35.3 Å². The highest BCUT2D eigenvalue weighted by atomic mass is 19.1. The van der Waals surface area contributed by atoms with E-state index in [0.29, 0.717) is 30.5 Å². The van der Waals surface area contributed by atoms with Crippen LogP contribution in [0.5, 0.6) is 5.75 Å². The number of carbonyl (C=O) groups excluding carboxylic acids is 2. The van der Waals surface area contributed by atoms with Crippen molar-refractivity contribution < 1.29 is 19.1 Å². The lowest BCUT2D eigenvalue weighted by Crippen LogP contribution is -2.62. The number of aromatic hydroxyl groups is 1. The number of nitrogens with zero attached hydrogens (tertiary/aromatic N) is 2. The van der Waals surface area contributed by atoms with Gasteiger partial charge in [0.05, 0.1) is 6.54 Å². The van der Waals surface area contributed by atoms with E-state index in [1.165, 1.54) is 67.1 Å². The Labute approximate surface area is 203 Å². The van der Waals surface area contributed by atoms with Crippen molar-refractivity contribution in [1.29, 1.82) is 0 Å². The number of benzene rings is 1. The van der Waals surface area contributed by atoms with Gasteiger partial charge in [-0.15, -0.1) is 0 Å². The molecule has 0 radical (unpaired) electrons. The molecule has 0 spiro atoms. The van der Waals surface area contributed by atoms with Crippen LogP contribution in [-0.2, 0) is 13.1 Å². The molecule has 9 heteroatoms. The fraction of sp³-hybridized carbons (Fsp3) is 0.500. The van der Waals surface area contributed by atoms with E-state index in [1.54, 1.807) is 4.90 Å². The molecule has 186 valence electrons. The second-order valence-corrected chi connectivity index (χ2v) is 10.0. The van der Waals surface area contributed by atoms with E-state index in [-0.39, 0.29) is 29.8 Å². The lowest BCUT2D eigenvalue weighted by molar-refractivity contribution is 0.0329. The second kappa shape index (κ2) is 9.81. The molecule has 2 unspecified atom stereocenters. The van der Waals surface area contributed by atoms with Crippen LogP contribution in [-0.4, -0.2) is 45.6 Å². The van der Waals surface area contributed by atoms with Crippen LogP contribution in [0.4, 0.5) is 4.39 Å². The first-order valence-electron chi connectivity index (χ1n) is 12.4. The maximum Gasteiger partial charge on any atom is 0.275 e. The minimum atomic E-state index is -0.872. The fourth-order valence-corrected chi connectivity index (χ4v) is 5.70.